The Morgan fingerprint density at radius 2 is 1.97 bits per heavy atom. The Bertz CT molecular complexity index is 805. The summed E-state index contributed by atoms with van der Waals surface area (Å²) in [6.07, 6.45) is 10.4. The highest BCUT2D eigenvalue weighted by atomic mass is 35.5. The molecule has 2 fully saturated rings. The molecule has 0 spiro atoms. The molecule has 0 amide bonds. The molecule has 164 valence electrons. The van der Waals surface area contributed by atoms with Crippen LogP contribution in [0.3, 0.4) is 0 Å². The van der Waals surface area contributed by atoms with E-state index in [2.05, 4.69) is 26.3 Å². The van der Waals surface area contributed by atoms with Gasteiger partial charge in [0.05, 0.1) is 17.3 Å². The zero-order chi connectivity index (χ0) is 20.8. The number of pyridine rings is 1. The molecular formula is C22H32ClN5OS. The van der Waals surface area contributed by atoms with E-state index in [4.69, 9.17) is 21.3 Å². The fraction of sp³-hybridized carbons (Fsp3) is 0.636. The first kappa shape index (κ1) is 21.8. The summed E-state index contributed by atoms with van der Waals surface area (Å²) in [4.78, 5) is 9.26. The molecule has 4 rings (SSSR count). The van der Waals surface area contributed by atoms with E-state index in [0.29, 0.717) is 17.1 Å². The molecule has 6 nitrogen and oxygen atoms in total. The first-order valence-electron chi connectivity index (χ1n) is 11.1. The van der Waals surface area contributed by atoms with Crippen molar-refractivity contribution in [3.8, 4) is 11.3 Å². The van der Waals surface area contributed by atoms with E-state index < -0.39 is 0 Å². The van der Waals surface area contributed by atoms with Gasteiger partial charge in [0.15, 0.2) is 5.13 Å². The van der Waals surface area contributed by atoms with Crippen molar-refractivity contribution in [2.24, 2.45) is 5.92 Å². The van der Waals surface area contributed by atoms with Crippen LogP contribution in [0.5, 0.6) is 0 Å². The topological polar surface area (TPSA) is 71.1 Å². The predicted molar refractivity (Wildman–Crippen MR) is 126 cm³/mol. The summed E-state index contributed by atoms with van der Waals surface area (Å²) in [5.41, 5.74) is 1.86. The Morgan fingerprint density at radius 1 is 1.17 bits per heavy atom. The molecule has 0 unspecified atom stereocenters. The number of anilines is 2. The Balaban J connectivity index is 1.32. The third-order valence-corrected chi connectivity index (χ3v) is 7.32. The van der Waals surface area contributed by atoms with Crippen LogP contribution in [0.1, 0.15) is 44.9 Å². The number of ether oxygens (including phenoxy) is 1. The fourth-order valence-corrected chi connectivity index (χ4v) is 5.06. The van der Waals surface area contributed by atoms with Gasteiger partial charge >= 0.3 is 0 Å². The highest BCUT2D eigenvalue weighted by Gasteiger charge is 2.21. The molecular weight excluding hydrogens is 418 g/mol. The Hall–Kier alpha value is -1.41. The van der Waals surface area contributed by atoms with E-state index >= 15 is 0 Å². The van der Waals surface area contributed by atoms with Crippen molar-refractivity contribution < 1.29 is 4.74 Å². The normalized spacial score (nSPS) is 21.9. The third-order valence-electron chi connectivity index (χ3n) is 6.22. The van der Waals surface area contributed by atoms with Crippen molar-refractivity contribution >= 4 is 33.9 Å². The maximum Gasteiger partial charge on any atom is 0.183 e. The molecule has 8 heteroatoms. The quantitative estimate of drug-likeness (QED) is 0.442. The smallest absolute Gasteiger partial charge is 0.183 e. The first-order chi connectivity index (χ1) is 14.7. The molecule has 2 aliphatic rings. The summed E-state index contributed by atoms with van der Waals surface area (Å²) >= 11 is 8.10. The zero-order valence-electron chi connectivity index (χ0n) is 17.6. The highest BCUT2D eigenvalue weighted by Crippen LogP contribution is 2.33. The molecule has 0 radical (unpaired) electrons. The van der Waals surface area contributed by atoms with Crippen molar-refractivity contribution in [1.82, 2.24) is 15.3 Å². The fourth-order valence-electron chi connectivity index (χ4n) is 4.14. The van der Waals surface area contributed by atoms with Crippen LogP contribution in [-0.2, 0) is 4.74 Å². The lowest BCUT2D eigenvalue weighted by atomic mass is 9.86. The van der Waals surface area contributed by atoms with Gasteiger partial charge in [-0.05, 0) is 50.5 Å². The molecule has 0 bridgehead atoms. The zero-order valence-corrected chi connectivity index (χ0v) is 19.2. The number of thiazole rings is 1. The van der Waals surface area contributed by atoms with E-state index in [0.717, 1.165) is 60.7 Å². The second kappa shape index (κ2) is 10.8. The van der Waals surface area contributed by atoms with Crippen molar-refractivity contribution in [2.75, 3.05) is 37.4 Å². The van der Waals surface area contributed by atoms with E-state index in [9.17, 15) is 0 Å². The van der Waals surface area contributed by atoms with Crippen LogP contribution in [0.25, 0.3) is 11.3 Å². The van der Waals surface area contributed by atoms with Gasteiger partial charge < -0.3 is 20.7 Å². The van der Waals surface area contributed by atoms with Gasteiger partial charge in [-0.1, -0.05) is 18.0 Å². The van der Waals surface area contributed by atoms with Crippen molar-refractivity contribution in [2.45, 2.75) is 57.0 Å². The maximum atomic E-state index is 6.46. The largest absolute Gasteiger partial charge is 0.383 e. The maximum absolute atomic E-state index is 6.46. The monoisotopic (exact) mass is 449 g/mol. The summed E-state index contributed by atoms with van der Waals surface area (Å²) in [6, 6.07) is 3.07. The molecule has 2 saturated carbocycles. The van der Waals surface area contributed by atoms with Crippen molar-refractivity contribution in [3.63, 3.8) is 0 Å². The molecule has 0 aromatic carbocycles. The standard InChI is InChI=1S/C22H32ClN5OS/c1-29-10-9-24-16-5-7-17(8-6-16)27-21-11-18(19(23)13-25-21)20-14-30-22(28-20)26-12-15-3-2-4-15/h11,13-17,24H,2-10,12H2,1H3,(H,25,27)(H,26,28). The summed E-state index contributed by atoms with van der Waals surface area (Å²) in [6.45, 7) is 2.71. The summed E-state index contributed by atoms with van der Waals surface area (Å²) < 4.78 is 5.12. The van der Waals surface area contributed by atoms with Gasteiger partial charge in [-0.25, -0.2) is 9.97 Å². The van der Waals surface area contributed by atoms with E-state index in [1.54, 1.807) is 24.6 Å². The molecule has 3 N–H and O–H groups in total. The molecule has 2 aromatic heterocycles. The van der Waals surface area contributed by atoms with Crippen LogP contribution >= 0.6 is 22.9 Å². The van der Waals surface area contributed by atoms with E-state index in [1.807, 2.05) is 6.07 Å². The first-order valence-corrected chi connectivity index (χ1v) is 12.3. The summed E-state index contributed by atoms with van der Waals surface area (Å²) in [5, 5.41) is 14.3. The van der Waals surface area contributed by atoms with Crippen LogP contribution in [0.2, 0.25) is 5.02 Å². The number of hydrogen-bond acceptors (Lipinski definition) is 7. The van der Waals surface area contributed by atoms with Crippen molar-refractivity contribution in [1.29, 1.82) is 0 Å². The van der Waals surface area contributed by atoms with Crippen LogP contribution < -0.4 is 16.0 Å². The van der Waals surface area contributed by atoms with Gasteiger partial charge in [-0.2, -0.15) is 0 Å². The second-order valence-electron chi connectivity index (χ2n) is 8.40. The van der Waals surface area contributed by atoms with Gasteiger partial charge in [-0.3, -0.25) is 0 Å². The minimum absolute atomic E-state index is 0.446. The molecule has 0 atom stereocenters. The van der Waals surface area contributed by atoms with E-state index in [1.165, 1.54) is 32.1 Å². The van der Waals surface area contributed by atoms with Gasteiger partial charge in [0.25, 0.3) is 0 Å². The Kier molecular flexibility index (Phi) is 7.82. The number of rotatable bonds is 10. The lowest BCUT2D eigenvalue weighted by Crippen LogP contribution is -2.38. The summed E-state index contributed by atoms with van der Waals surface area (Å²) in [5.74, 6) is 1.69. The van der Waals surface area contributed by atoms with Crippen molar-refractivity contribution in [3.05, 3.63) is 22.7 Å². The van der Waals surface area contributed by atoms with Crippen LogP contribution in [0, 0.1) is 5.92 Å². The van der Waals surface area contributed by atoms with Gasteiger partial charge in [-0.15, -0.1) is 11.3 Å². The number of halogens is 1. The number of nitrogens with one attached hydrogen (secondary N) is 3. The molecule has 2 heterocycles. The van der Waals surface area contributed by atoms with E-state index in [-0.39, 0.29) is 0 Å². The van der Waals surface area contributed by atoms with Gasteiger partial charge in [0.1, 0.15) is 5.82 Å². The molecule has 30 heavy (non-hydrogen) atoms. The number of aromatic nitrogens is 2. The van der Waals surface area contributed by atoms with Crippen LogP contribution in [-0.4, -0.2) is 48.9 Å². The lowest BCUT2D eigenvalue weighted by Gasteiger charge is -2.30. The third kappa shape index (κ3) is 5.84. The molecule has 2 aromatic rings. The van der Waals surface area contributed by atoms with Crippen LogP contribution in [0.4, 0.5) is 10.9 Å². The average Bonchev–Trinajstić information content (AvgIpc) is 3.18. The van der Waals surface area contributed by atoms with Crippen LogP contribution in [0.15, 0.2) is 17.6 Å². The minimum Gasteiger partial charge on any atom is -0.383 e. The SMILES string of the molecule is COCCNC1CCC(Nc2cc(-c3csc(NCC4CCC4)n3)c(Cl)cn2)CC1. The minimum atomic E-state index is 0.446. The predicted octanol–water partition coefficient (Wildman–Crippen LogP) is 5.03. The number of nitrogens with zero attached hydrogens (tertiary/aromatic N) is 2. The Morgan fingerprint density at radius 3 is 2.70 bits per heavy atom. The average molecular weight is 450 g/mol. The molecule has 2 aliphatic carbocycles. The van der Waals surface area contributed by atoms with Gasteiger partial charge in [0, 0.05) is 49.4 Å². The molecule has 0 saturated heterocycles. The Labute approximate surface area is 188 Å². The van der Waals surface area contributed by atoms with Gasteiger partial charge in [0.2, 0.25) is 0 Å². The summed E-state index contributed by atoms with van der Waals surface area (Å²) in [7, 11) is 1.74. The number of hydrogen-bond donors (Lipinski definition) is 3. The number of methoxy groups -OCH3 is 1. The highest BCUT2D eigenvalue weighted by molar-refractivity contribution is 7.14. The second-order valence-corrected chi connectivity index (χ2v) is 9.67. The molecule has 0 aliphatic heterocycles. The lowest BCUT2D eigenvalue weighted by molar-refractivity contribution is 0.191.